The van der Waals surface area contributed by atoms with Gasteiger partial charge in [-0.2, -0.15) is 0 Å². The first-order valence-corrected chi connectivity index (χ1v) is 12.9. The lowest BCUT2D eigenvalue weighted by atomic mass is 9.57. The smallest absolute Gasteiger partial charge is 0.255 e. The number of nitrogens with one attached hydrogen (secondary N) is 2. The van der Waals surface area contributed by atoms with Crippen molar-refractivity contribution in [1.82, 2.24) is 10.6 Å². The van der Waals surface area contributed by atoms with Crippen LogP contribution in [0.5, 0.6) is 5.75 Å². The largest absolute Gasteiger partial charge is 0.508 e. The van der Waals surface area contributed by atoms with E-state index in [0.717, 1.165) is 0 Å². The van der Waals surface area contributed by atoms with Crippen LogP contribution < -0.4 is 16.4 Å². The molecule has 1 heterocycles. The van der Waals surface area contributed by atoms with Crippen molar-refractivity contribution in [1.29, 1.82) is 0 Å². The average Bonchev–Trinajstić information content (AvgIpc) is 2.76. The molecule has 1 aromatic carbocycles. The van der Waals surface area contributed by atoms with Gasteiger partial charge in [-0.25, -0.2) is 0 Å². The van der Waals surface area contributed by atoms with Crippen molar-refractivity contribution in [3.05, 3.63) is 46.2 Å². The number of phenolic OH excluding ortho intramolecular Hbond substituents is 1. The fraction of sp³-hybridized carbons (Fsp3) is 0.536. The second-order valence-electron chi connectivity index (χ2n) is 12.5. The summed E-state index contributed by atoms with van der Waals surface area (Å²) in [5.41, 5.74) is 2.00. The van der Waals surface area contributed by atoms with Crippen LogP contribution in [0.1, 0.15) is 58.1 Å². The van der Waals surface area contributed by atoms with Crippen LogP contribution in [0.25, 0.3) is 5.76 Å². The molecule has 10 nitrogen and oxygen atoms in total. The second kappa shape index (κ2) is 8.39. The molecule has 0 radical (unpaired) electrons. The molecule has 1 aromatic rings. The zero-order valence-electron chi connectivity index (χ0n) is 22.0. The molecule has 0 bridgehead atoms. The van der Waals surface area contributed by atoms with Crippen molar-refractivity contribution >= 4 is 23.2 Å². The van der Waals surface area contributed by atoms with Crippen LogP contribution in [0.3, 0.4) is 0 Å². The highest BCUT2D eigenvalue weighted by Crippen LogP contribution is 2.52. The predicted molar refractivity (Wildman–Crippen MR) is 138 cm³/mol. The molecule has 4 atom stereocenters. The quantitative estimate of drug-likeness (QED) is 0.286. The molecule has 0 aromatic heterocycles. The van der Waals surface area contributed by atoms with Gasteiger partial charge in [0.15, 0.2) is 11.4 Å². The highest BCUT2D eigenvalue weighted by Gasteiger charge is 2.64. The van der Waals surface area contributed by atoms with E-state index >= 15 is 0 Å². The maximum absolute atomic E-state index is 13.9. The summed E-state index contributed by atoms with van der Waals surface area (Å²) in [6, 6.07) is 3.36. The SMILES string of the molecule is CC1(C)CC(N[C@H]2C(=O)C(C(N)=O)=C(O)[C@@]3(O)C(=O)C4=C(O)c5c(O)cccc5C[C@H]4C[C@@H]23)CC(C)(C)N1. The number of aliphatic hydroxyl groups excluding tert-OH is 2. The molecular formula is C28H35N3O7. The number of hydrogen-bond donors (Lipinski definition) is 7. The third-order valence-electron chi connectivity index (χ3n) is 8.54. The maximum atomic E-state index is 13.9. The minimum atomic E-state index is -2.66. The van der Waals surface area contributed by atoms with Crippen LogP contribution in [-0.4, -0.2) is 66.7 Å². The first-order chi connectivity index (χ1) is 17.6. The third kappa shape index (κ3) is 3.85. The summed E-state index contributed by atoms with van der Waals surface area (Å²) < 4.78 is 0. The Bertz CT molecular complexity index is 1310. The Balaban J connectivity index is 1.62. The topological polar surface area (TPSA) is 182 Å². The molecule has 1 amide bonds. The molecule has 1 saturated carbocycles. The van der Waals surface area contributed by atoms with E-state index in [4.69, 9.17) is 5.73 Å². The Morgan fingerprint density at radius 3 is 2.32 bits per heavy atom. The first kappa shape index (κ1) is 26.4. The summed E-state index contributed by atoms with van der Waals surface area (Å²) >= 11 is 0. The van der Waals surface area contributed by atoms with Gasteiger partial charge < -0.3 is 36.8 Å². The number of primary amides is 1. The first-order valence-electron chi connectivity index (χ1n) is 12.9. The summed E-state index contributed by atoms with van der Waals surface area (Å²) in [4.78, 5) is 39.9. The molecule has 4 aliphatic rings. The lowest BCUT2D eigenvalue weighted by Crippen LogP contribution is -2.69. The Kier molecular flexibility index (Phi) is 5.83. The van der Waals surface area contributed by atoms with E-state index in [0.29, 0.717) is 18.4 Å². The monoisotopic (exact) mass is 525 g/mol. The van der Waals surface area contributed by atoms with Crippen molar-refractivity contribution in [2.75, 3.05) is 0 Å². The zero-order valence-corrected chi connectivity index (χ0v) is 22.0. The summed E-state index contributed by atoms with van der Waals surface area (Å²) in [6.45, 7) is 8.17. The molecule has 1 aliphatic heterocycles. The molecule has 0 unspecified atom stereocenters. The minimum Gasteiger partial charge on any atom is -0.508 e. The van der Waals surface area contributed by atoms with E-state index in [2.05, 4.69) is 10.6 Å². The molecule has 38 heavy (non-hydrogen) atoms. The number of aromatic hydroxyl groups is 1. The maximum Gasteiger partial charge on any atom is 0.255 e. The van der Waals surface area contributed by atoms with Crippen LogP contribution in [0, 0.1) is 11.8 Å². The number of carbonyl (C=O) groups is 3. The fourth-order valence-corrected chi connectivity index (χ4v) is 7.50. The molecule has 5 rings (SSSR count). The Hall–Kier alpha value is -3.21. The lowest BCUT2D eigenvalue weighted by Gasteiger charge is -2.51. The summed E-state index contributed by atoms with van der Waals surface area (Å²) in [6.07, 6.45) is 1.60. The highest BCUT2D eigenvalue weighted by atomic mass is 16.3. The fourth-order valence-electron chi connectivity index (χ4n) is 7.50. The van der Waals surface area contributed by atoms with E-state index in [-0.39, 0.29) is 46.8 Å². The zero-order chi connectivity index (χ0) is 27.9. The standard InChI is InChI=1S/C28H35N3O7/c1-26(2)10-14(11-27(3,4)31-26)30-20-15-9-13-8-12-6-5-7-16(32)17(12)21(33)18(13)23(35)28(15,38)24(36)19(22(20)34)25(29)37/h5-7,13-15,20,30-33,36,38H,8-11H2,1-4H3,(H2,29,37)/t13-,15-,20+,28-/m0/s1. The van der Waals surface area contributed by atoms with Crippen molar-refractivity contribution < 1.29 is 34.8 Å². The number of fused-ring (bicyclic) bond motifs is 3. The van der Waals surface area contributed by atoms with Gasteiger partial charge in [-0.05, 0) is 70.9 Å². The van der Waals surface area contributed by atoms with Crippen molar-refractivity contribution in [2.24, 2.45) is 17.6 Å². The number of aliphatic hydroxyl groups is 3. The van der Waals surface area contributed by atoms with Gasteiger partial charge in [-0.15, -0.1) is 0 Å². The molecule has 2 fully saturated rings. The lowest BCUT2D eigenvalue weighted by molar-refractivity contribution is -0.151. The third-order valence-corrected chi connectivity index (χ3v) is 8.54. The summed E-state index contributed by atoms with van der Waals surface area (Å²) in [5, 5.41) is 51.2. The molecule has 204 valence electrons. The van der Waals surface area contributed by atoms with Crippen LogP contribution >= 0.6 is 0 Å². The number of nitrogens with two attached hydrogens (primary N) is 1. The van der Waals surface area contributed by atoms with Gasteiger partial charge >= 0.3 is 0 Å². The van der Waals surface area contributed by atoms with Gasteiger partial charge in [-0.1, -0.05) is 12.1 Å². The van der Waals surface area contributed by atoms with E-state index in [1.807, 2.05) is 27.7 Å². The molecule has 1 saturated heterocycles. The number of piperidine rings is 1. The summed E-state index contributed by atoms with van der Waals surface area (Å²) in [7, 11) is 0. The molecular weight excluding hydrogens is 490 g/mol. The minimum absolute atomic E-state index is 0.0635. The van der Waals surface area contributed by atoms with Gasteiger partial charge in [0.25, 0.3) is 5.91 Å². The van der Waals surface area contributed by atoms with Gasteiger partial charge in [0.05, 0.1) is 11.6 Å². The normalized spacial score (nSPS) is 32.5. The van der Waals surface area contributed by atoms with Crippen LogP contribution in [0.2, 0.25) is 0 Å². The Morgan fingerprint density at radius 2 is 1.71 bits per heavy atom. The number of carbonyl (C=O) groups excluding carboxylic acids is 3. The predicted octanol–water partition coefficient (Wildman–Crippen LogP) is 1.30. The van der Waals surface area contributed by atoms with Crippen LogP contribution in [0.4, 0.5) is 0 Å². The van der Waals surface area contributed by atoms with Crippen LogP contribution in [0.15, 0.2) is 35.1 Å². The number of rotatable bonds is 3. The van der Waals surface area contributed by atoms with E-state index in [1.165, 1.54) is 6.07 Å². The average molecular weight is 526 g/mol. The van der Waals surface area contributed by atoms with Gasteiger partial charge in [-0.3, -0.25) is 14.4 Å². The van der Waals surface area contributed by atoms with E-state index < -0.39 is 58.0 Å². The number of amides is 1. The molecule has 10 heteroatoms. The van der Waals surface area contributed by atoms with Gasteiger partial charge in [0.2, 0.25) is 5.78 Å². The number of phenols is 1. The van der Waals surface area contributed by atoms with E-state index in [9.17, 15) is 34.8 Å². The number of ketones is 2. The molecule has 8 N–H and O–H groups in total. The Morgan fingerprint density at radius 1 is 1.08 bits per heavy atom. The Labute approximate surface area is 220 Å². The van der Waals surface area contributed by atoms with Crippen molar-refractivity contribution in [2.45, 2.75) is 82.1 Å². The van der Waals surface area contributed by atoms with Gasteiger partial charge in [0, 0.05) is 28.6 Å². The van der Waals surface area contributed by atoms with E-state index in [1.54, 1.807) is 12.1 Å². The summed E-state index contributed by atoms with van der Waals surface area (Å²) in [5.74, 6) is -6.52. The number of benzene rings is 1. The molecule has 0 spiro atoms. The van der Waals surface area contributed by atoms with Crippen molar-refractivity contribution in [3.63, 3.8) is 0 Å². The highest BCUT2D eigenvalue weighted by molar-refractivity contribution is 6.24. The van der Waals surface area contributed by atoms with Crippen LogP contribution in [-0.2, 0) is 20.8 Å². The van der Waals surface area contributed by atoms with Crippen molar-refractivity contribution in [3.8, 4) is 5.75 Å². The number of hydrogen-bond acceptors (Lipinski definition) is 9. The molecule has 3 aliphatic carbocycles. The van der Waals surface area contributed by atoms with Gasteiger partial charge in [0.1, 0.15) is 22.8 Å². The number of Topliss-reactive ketones (excluding diaryl/α,β-unsaturated/α-hetero) is 2. The second-order valence-corrected chi connectivity index (χ2v) is 12.5.